The maximum Gasteiger partial charge on any atom is 0.203 e. The highest BCUT2D eigenvalue weighted by Gasteiger charge is 2.09. The van der Waals surface area contributed by atoms with E-state index in [-0.39, 0.29) is 0 Å². The summed E-state index contributed by atoms with van der Waals surface area (Å²) >= 11 is 0. The summed E-state index contributed by atoms with van der Waals surface area (Å²) in [6.45, 7) is 10.5. The van der Waals surface area contributed by atoms with Crippen LogP contribution in [0.15, 0.2) is 6.20 Å². The SMILES string of the molecule is COCCCn1cc(C)nc1NC(C)CCC(C)C. The van der Waals surface area contributed by atoms with Crippen molar-refractivity contribution in [2.75, 3.05) is 19.0 Å². The molecule has 1 atom stereocenters. The Morgan fingerprint density at radius 2 is 2.05 bits per heavy atom. The minimum atomic E-state index is 0.463. The van der Waals surface area contributed by atoms with E-state index >= 15 is 0 Å². The topological polar surface area (TPSA) is 39.1 Å². The fourth-order valence-electron chi connectivity index (χ4n) is 2.09. The van der Waals surface area contributed by atoms with Gasteiger partial charge in [-0.05, 0) is 39.0 Å². The molecular weight excluding hydrogens is 238 g/mol. The van der Waals surface area contributed by atoms with Gasteiger partial charge in [-0.2, -0.15) is 0 Å². The summed E-state index contributed by atoms with van der Waals surface area (Å²) in [6.07, 6.45) is 5.55. The lowest BCUT2D eigenvalue weighted by atomic mass is 10.0. The molecule has 1 rings (SSSR count). The monoisotopic (exact) mass is 267 g/mol. The number of rotatable bonds is 9. The minimum absolute atomic E-state index is 0.463. The maximum absolute atomic E-state index is 5.10. The molecule has 0 spiro atoms. The quantitative estimate of drug-likeness (QED) is 0.696. The molecule has 0 bridgehead atoms. The fourth-order valence-corrected chi connectivity index (χ4v) is 2.09. The number of nitrogens with zero attached hydrogens (tertiary/aromatic N) is 2. The van der Waals surface area contributed by atoms with Gasteiger partial charge in [0.1, 0.15) is 0 Å². The van der Waals surface area contributed by atoms with E-state index in [0.29, 0.717) is 6.04 Å². The van der Waals surface area contributed by atoms with Crippen LogP contribution in [0.4, 0.5) is 5.95 Å². The molecule has 1 aromatic heterocycles. The molecule has 0 saturated heterocycles. The second kappa shape index (κ2) is 8.20. The molecule has 110 valence electrons. The molecule has 0 amide bonds. The van der Waals surface area contributed by atoms with Gasteiger partial charge in [-0.25, -0.2) is 4.98 Å². The third-order valence-corrected chi connectivity index (χ3v) is 3.20. The van der Waals surface area contributed by atoms with Crippen LogP contribution in [0, 0.1) is 12.8 Å². The van der Waals surface area contributed by atoms with Gasteiger partial charge in [0.2, 0.25) is 5.95 Å². The molecule has 0 saturated carbocycles. The zero-order valence-electron chi connectivity index (χ0n) is 13.1. The first kappa shape index (κ1) is 16.0. The van der Waals surface area contributed by atoms with Crippen molar-refractivity contribution in [2.24, 2.45) is 5.92 Å². The summed E-state index contributed by atoms with van der Waals surface area (Å²) in [5.74, 6) is 1.75. The Hall–Kier alpha value is -1.03. The van der Waals surface area contributed by atoms with Gasteiger partial charge in [0, 0.05) is 32.5 Å². The minimum Gasteiger partial charge on any atom is -0.385 e. The Bertz CT molecular complexity index is 360. The van der Waals surface area contributed by atoms with Crippen molar-refractivity contribution in [1.29, 1.82) is 0 Å². The first-order valence-electron chi connectivity index (χ1n) is 7.32. The van der Waals surface area contributed by atoms with Gasteiger partial charge >= 0.3 is 0 Å². The van der Waals surface area contributed by atoms with E-state index in [0.717, 1.165) is 37.1 Å². The second-order valence-corrected chi connectivity index (χ2v) is 5.76. The lowest BCUT2D eigenvalue weighted by Crippen LogP contribution is -2.19. The number of nitrogens with one attached hydrogen (secondary N) is 1. The smallest absolute Gasteiger partial charge is 0.203 e. The summed E-state index contributed by atoms with van der Waals surface area (Å²) in [6, 6.07) is 0.463. The van der Waals surface area contributed by atoms with Crippen molar-refractivity contribution in [1.82, 2.24) is 9.55 Å². The molecule has 0 aromatic carbocycles. The molecule has 0 radical (unpaired) electrons. The van der Waals surface area contributed by atoms with E-state index in [9.17, 15) is 0 Å². The standard InChI is InChI=1S/C15H29N3O/c1-12(2)7-8-13(3)16-15-17-14(4)11-18(15)9-6-10-19-5/h11-13H,6-10H2,1-5H3,(H,16,17). The molecule has 1 N–H and O–H groups in total. The van der Waals surface area contributed by atoms with Crippen LogP contribution < -0.4 is 5.32 Å². The van der Waals surface area contributed by atoms with E-state index < -0.39 is 0 Å². The van der Waals surface area contributed by atoms with Gasteiger partial charge in [-0.3, -0.25) is 0 Å². The van der Waals surface area contributed by atoms with Gasteiger partial charge in [0.25, 0.3) is 0 Å². The van der Waals surface area contributed by atoms with Gasteiger partial charge < -0.3 is 14.6 Å². The molecule has 0 aliphatic heterocycles. The van der Waals surface area contributed by atoms with E-state index in [1.54, 1.807) is 7.11 Å². The van der Waals surface area contributed by atoms with Crippen LogP contribution >= 0.6 is 0 Å². The number of imidazole rings is 1. The number of hydrogen-bond donors (Lipinski definition) is 1. The number of ether oxygens (including phenoxy) is 1. The van der Waals surface area contributed by atoms with Crippen molar-refractivity contribution < 1.29 is 4.74 Å². The van der Waals surface area contributed by atoms with E-state index in [2.05, 4.69) is 41.8 Å². The summed E-state index contributed by atoms with van der Waals surface area (Å²) in [7, 11) is 1.74. The number of methoxy groups -OCH3 is 1. The van der Waals surface area contributed by atoms with Crippen molar-refractivity contribution in [3.63, 3.8) is 0 Å². The van der Waals surface area contributed by atoms with Gasteiger partial charge in [-0.15, -0.1) is 0 Å². The zero-order valence-corrected chi connectivity index (χ0v) is 13.1. The predicted octanol–water partition coefficient (Wildman–Crippen LogP) is 3.46. The molecule has 1 unspecified atom stereocenters. The van der Waals surface area contributed by atoms with Crippen LogP contribution in [0.5, 0.6) is 0 Å². The van der Waals surface area contributed by atoms with Crippen molar-refractivity contribution in [2.45, 2.75) is 59.5 Å². The first-order valence-corrected chi connectivity index (χ1v) is 7.32. The molecule has 0 aliphatic carbocycles. The third kappa shape index (κ3) is 6.10. The van der Waals surface area contributed by atoms with Crippen LogP contribution in [0.3, 0.4) is 0 Å². The van der Waals surface area contributed by atoms with Crippen LogP contribution in [0.25, 0.3) is 0 Å². The predicted molar refractivity (Wildman–Crippen MR) is 80.6 cm³/mol. The van der Waals surface area contributed by atoms with Crippen LogP contribution in [0.2, 0.25) is 0 Å². The molecule has 4 nitrogen and oxygen atoms in total. The average molecular weight is 267 g/mol. The zero-order chi connectivity index (χ0) is 14.3. The van der Waals surface area contributed by atoms with Crippen LogP contribution in [-0.4, -0.2) is 29.3 Å². The summed E-state index contributed by atoms with van der Waals surface area (Å²) in [5.41, 5.74) is 1.07. The Morgan fingerprint density at radius 1 is 1.32 bits per heavy atom. The molecule has 4 heteroatoms. The highest BCUT2D eigenvalue weighted by Crippen LogP contribution is 2.14. The van der Waals surface area contributed by atoms with Gasteiger partial charge in [0.05, 0.1) is 5.69 Å². The third-order valence-electron chi connectivity index (χ3n) is 3.20. The number of aryl methyl sites for hydroxylation is 2. The second-order valence-electron chi connectivity index (χ2n) is 5.76. The van der Waals surface area contributed by atoms with Crippen molar-refractivity contribution in [3.05, 3.63) is 11.9 Å². The van der Waals surface area contributed by atoms with Crippen LogP contribution in [-0.2, 0) is 11.3 Å². The largest absolute Gasteiger partial charge is 0.385 e. The van der Waals surface area contributed by atoms with Crippen LogP contribution in [0.1, 0.15) is 45.7 Å². The summed E-state index contributed by atoms with van der Waals surface area (Å²) in [5, 5.41) is 3.52. The first-order chi connectivity index (χ1) is 9.02. The highest BCUT2D eigenvalue weighted by atomic mass is 16.5. The maximum atomic E-state index is 5.10. The molecule has 0 aliphatic rings. The highest BCUT2D eigenvalue weighted by molar-refractivity contribution is 5.29. The van der Waals surface area contributed by atoms with E-state index in [1.807, 2.05) is 6.92 Å². The van der Waals surface area contributed by atoms with Gasteiger partial charge in [-0.1, -0.05) is 13.8 Å². The molecule has 1 heterocycles. The Labute approximate surface area is 117 Å². The normalized spacial score (nSPS) is 12.9. The molecular formula is C15H29N3O. The number of aromatic nitrogens is 2. The molecule has 0 fully saturated rings. The molecule has 19 heavy (non-hydrogen) atoms. The Kier molecular flexibility index (Phi) is 6.92. The Morgan fingerprint density at radius 3 is 2.68 bits per heavy atom. The van der Waals surface area contributed by atoms with E-state index in [1.165, 1.54) is 12.8 Å². The molecule has 1 aromatic rings. The fraction of sp³-hybridized carbons (Fsp3) is 0.800. The number of anilines is 1. The average Bonchev–Trinajstić information content (AvgIpc) is 2.67. The Balaban J connectivity index is 2.51. The van der Waals surface area contributed by atoms with Gasteiger partial charge in [0.15, 0.2) is 0 Å². The van der Waals surface area contributed by atoms with E-state index in [4.69, 9.17) is 4.74 Å². The van der Waals surface area contributed by atoms with Crippen molar-refractivity contribution in [3.8, 4) is 0 Å². The van der Waals surface area contributed by atoms with Crippen molar-refractivity contribution >= 4 is 5.95 Å². The lowest BCUT2D eigenvalue weighted by molar-refractivity contribution is 0.190. The lowest BCUT2D eigenvalue weighted by Gasteiger charge is -2.17. The summed E-state index contributed by atoms with van der Waals surface area (Å²) < 4.78 is 7.30. The number of hydrogen-bond acceptors (Lipinski definition) is 3. The summed E-state index contributed by atoms with van der Waals surface area (Å²) in [4.78, 5) is 4.57.